The van der Waals surface area contributed by atoms with Crippen LogP contribution in [0, 0.1) is 0 Å². The lowest BCUT2D eigenvalue weighted by Crippen LogP contribution is -2.36. The van der Waals surface area contributed by atoms with E-state index in [9.17, 15) is 0 Å². The van der Waals surface area contributed by atoms with Gasteiger partial charge in [0.15, 0.2) is 0 Å². The Morgan fingerprint density at radius 1 is 1.21 bits per heavy atom. The molecule has 19 heavy (non-hydrogen) atoms. The first-order valence-corrected chi connectivity index (χ1v) is 7.15. The van der Waals surface area contributed by atoms with Crippen molar-refractivity contribution in [2.75, 3.05) is 51.3 Å². The highest BCUT2D eigenvalue weighted by atomic mass is 16.5. The van der Waals surface area contributed by atoms with Crippen molar-refractivity contribution in [1.29, 1.82) is 0 Å². The van der Waals surface area contributed by atoms with Gasteiger partial charge >= 0.3 is 0 Å². The minimum absolute atomic E-state index is 0.374. The van der Waals surface area contributed by atoms with Gasteiger partial charge in [0.1, 0.15) is 0 Å². The van der Waals surface area contributed by atoms with E-state index in [1.807, 2.05) is 7.05 Å². The van der Waals surface area contributed by atoms with Crippen LogP contribution in [0.25, 0.3) is 0 Å². The predicted molar refractivity (Wildman–Crippen MR) is 79.8 cm³/mol. The van der Waals surface area contributed by atoms with E-state index in [1.54, 1.807) is 0 Å². The molecule has 4 nitrogen and oxygen atoms in total. The highest BCUT2D eigenvalue weighted by molar-refractivity contribution is 5.48. The Morgan fingerprint density at radius 3 is 2.47 bits per heavy atom. The summed E-state index contributed by atoms with van der Waals surface area (Å²) in [6.45, 7) is 7.75. The molecular weight excluding hydrogens is 238 g/mol. The van der Waals surface area contributed by atoms with Crippen molar-refractivity contribution in [3.8, 4) is 0 Å². The SMILES string of the molecule is CCNC[C@@H](NC)c1ccc(N2CCOCC2)cc1. The fraction of sp³-hybridized carbons (Fsp3) is 0.600. The summed E-state index contributed by atoms with van der Waals surface area (Å²) in [5, 5.41) is 6.74. The first-order chi connectivity index (χ1) is 9.35. The number of morpholine rings is 1. The lowest BCUT2D eigenvalue weighted by atomic mass is 10.1. The molecule has 1 heterocycles. The van der Waals surface area contributed by atoms with E-state index in [0.29, 0.717) is 6.04 Å². The van der Waals surface area contributed by atoms with Crippen LogP contribution in [0.2, 0.25) is 0 Å². The molecular formula is C15H25N3O. The topological polar surface area (TPSA) is 36.5 Å². The van der Waals surface area contributed by atoms with E-state index >= 15 is 0 Å². The van der Waals surface area contributed by atoms with Gasteiger partial charge in [-0.3, -0.25) is 0 Å². The normalized spacial score (nSPS) is 17.5. The number of ether oxygens (including phenoxy) is 1. The third kappa shape index (κ3) is 3.93. The summed E-state index contributed by atoms with van der Waals surface area (Å²) in [6, 6.07) is 9.26. The third-order valence-electron chi connectivity index (χ3n) is 3.62. The molecule has 0 aliphatic carbocycles. The molecule has 1 aromatic rings. The molecule has 1 saturated heterocycles. The van der Waals surface area contributed by atoms with Gasteiger partial charge in [0.25, 0.3) is 0 Å². The highest BCUT2D eigenvalue weighted by Gasteiger charge is 2.12. The van der Waals surface area contributed by atoms with E-state index in [1.165, 1.54) is 11.3 Å². The number of hydrogen-bond donors (Lipinski definition) is 2. The standard InChI is InChI=1S/C15H25N3O/c1-3-17-12-15(16-2)13-4-6-14(7-5-13)18-8-10-19-11-9-18/h4-7,15-17H,3,8-12H2,1-2H3/t15-/m1/s1. The van der Waals surface area contributed by atoms with Crippen molar-refractivity contribution in [3.05, 3.63) is 29.8 Å². The average Bonchev–Trinajstić information content (AvgIpc) is 2.49. The van der Waals surface area contributed by atoms with Gasteiger partial charge in [0.05, 0.1) is 13.2 Å². The maximum atomic E-state index is 5.38. The number of hydrogen-bond acceptors (Lipinski definition) is 4. The molecule has 0 unspecified atom stereocenters. The van der Waals surface area contributed by atoms with Crippen LogP contribution in [0.4, 0.5) is 5.69 Å². The van der Waals surface area contributed by atoms with Gasteiger partial charge in [-0.1, -0.05) is 19.1 Å². The summed E-state index contributed by atoms with van der Waals surface area (Å²) >= 11 is 0. The number of nitrogens with zero attached hydrogens (tertiary/aromatic N) is 1. The van der Waals surface area contributed by atoms with Crippen LogP contribution in [-0.4, -0.2) is 46.4 Å². The van der Waals surface area contributed by atoms with Crippen molar-refractivity contribution >= 4 is 5.69 Å². The molecule has 0 aromatic heterocycles. The first kappa shape index (κ1) is 14.3. The zero-order chi connectivity index (χ0) is 13.5. The number of anilines is 1. The molecule has 106 valence electrons. The number of likely N-dealkylation sites (N-methyl/N-ethyl adjacent to an activating group) is 2. The molecule has 2 N–H and O–H groups in total. The lowest BCUT2D eigenvalue weighted by Gasteiger charge is -2.29. The van der Waals surface area contributed by atoms with Gasteiger partial charge in [-0.15, -0.1) is 0 Å². The zero-order valence-electron chi connectivity index (χ0n) is 12.0. The molecule has 0 saturated carbocycles. The summed E-state index contributed by atoms with van der Waals surface area (Å²) < 4.78 is 5.38. The van der Waals surface area contributed by atoms with Gasteiger partial charge in [-0.05, 0) is 31.3 Å². The highest BCUT2D eigenvalue weighted by Crippen LogP contribution is 2.19. The second kappa shape index (κ2) is 7.48. The Balaban J connectivity index is 1.99. The van der Waals surface area contributed by atoms with E-state index in [4.69, 9.17) is 4.74 Å². The number of benzene rings is 1. The summed E-state index contributed by atoms with van der Waals surface area (Å²) in [5.41, 5.74) is 2.63. The number of nitrogens with one attached hydrogen (secondary N) is 2. The second-order valence-electron chi connectivity index (χ2n) is 4.84. The Kier molecular flexibility index (Phi) is 5.63. The van der Waals surface area contributed by atoms with Gasteiger partial charge < -0.3 is 20.3 Å². The van der Waals surface area contributed by atoms with Gasteiger partial charge in [0, 0.05) is 31.4 Å². The van der Waals surface area contributed by atoms with Crippen LogP contribution in [0.15, 0.2) is 24.3 Å². The fourth-order valence-electron chi connectivity index (χ4n) is 2.41. The summed E-state index contributed by atoms with van der Waals surface area (Å²) in [5.74, 6) is 0. The Hall–Kier alpha value is -1.10. The fourth-order valence-corrected chi connectivity index (χ4v) is 2.41. The maximum Gasteiger partial charge on any atom is 0.0642 e. The minimum atomic E-state index is 0.374. The summed E-state index contributed by atoms with van der Waals surface area (Å²) in [4.78, 5) is 2.38. The van der Waals surface area contributed by atoms with Crippen molar-refractivity contribution in [3.63, 3.8) is 0 Å². The van der Waals surface area contributed by atoms with Gasteiger partial charge in [-0.2, -0.15) is 0 Å². The molecule has 0 radical (unpaired) electrons. The molecule has 1 aromatic carbocycles. The van der Waals surface area contributed by atoms with E-state index < -0.39 is 0 Å². The molecule has 2 rings (SSSR count). The van der Waals surface area contributed by atoms with Crippen molar-refractivity contribution in [2.24, 2.45) is 0 Å². The van der Waals surface area contributed by atoms with Crippen molar-refractivity contribution < 1.29 is 4.74 Å². The maximum absolute atomic E-state index is 5.38. The van der Waals surface area contributed by atoms with E-state index in [2.05, 4.69) is 46.7 Å². The zero-order valence-corrected chi connectivity index (χ0v) is 12.0. The van der Waals surface area contributed by atoms with Gasteiger partial charge in [-0.25, -0.2) is 0 Å². The molecule has 0 bridgehead atoms. The molecule has 0 spiro atoms. The van der Waals surface area contributed by atoms with E-state index in [0.717, 1.165) is 39.4 Å². The van der Waals surface area contributed by atoms with Crippen molar-refractivity contribution in [1.82, 2.24) is 10.6 Å². The molecule has 1 atom stereocenters. The molecule has 4 heteroatoms. The monoisotopic (exact) mass is 263 g/mol. The first-order valence-electron chi connectivity index (χ1n) is 7.15. The molecule has 1 aliphatic heterocycles. The average molecular weight is 263 g/mol. The van der Waals surface area contributed by atoms with Crippen LogP contribution in [0.3, 0.4) is 0 Å². The third-order valence-corrected chi connectivity index (χ3v) is 3.62. The van der Waals surface area contributed by atoms with Crippen LogP contribution in [0.5, 0.6) is 0 Å². The summed E-state index contributed by atoms with van der Waals surface area (Å²) in [7, 11) is 2.01. The summed E-state index contributed by atoms with van der Waals surface area (Å²) in [6.07, 6.45) is 0. The van der Waals surface area contributed by atoms with Crippen LogP contribution in [-0.2, 0) is 4.74 Å². The molecule has 1 fully saturated rings. The Morgan fingerprint density at radius 2 is 1.89 bits per heavy atom. The Labute approximate surface area is 116 Å². The Bertz CT molecular complexity index is 360. The number of rotatable bonds is 6. The van der Waals surface area contributed by atoms with Crippen LogP contribution in [0.1, 0.15) is 18.5 Å². The smallest absolute Gasteiger partial charge is 0.0642 e. The van der Waals surface area contributed by atoms with Gasteiger partial charge in [0.2, 0.25) is 0 Å². The van der Waals surface area contributed by atoms with Crippen molar-refractivity contribution in [2.45, 2.75) is 13.0 Å². The van der Waals surface area contributed by atoms with E-state index in [-0.39, 0.29) is 0 Å². The largest absolute Gasteiger partial charge is 0.378 e. The predicted octanol–water partition coefficient (Wildman–Crippen LogP) is 1.39. The lowest BCUT2D eigenvalue weighted by molar-refractivity contribution is 0.122. The second-order valence-corrected chi connectivity index (χ2v) is 4.84. The van der Waals surface area contributed by atoms with Crippen LogP contribution < -0.4 is 15.5 Å². The van der Waals surface area contributed by atoms with Crippen LogP contribution >= 0.6 is 0 Å². The molecule has 1 aliphatic rings. The molecule has 0 amide bonds. The minimum Gasteiger partial charge on any atom is -0.378 e. The quantitative estimate of drug-likeness (QED) is 0.813.